The monoisotopic (exact) mass is 332 g/mol. The average Bonchev–Trinajstić information content (AvgIpc) is 2.56. The summed E-state index contributed by atoms with van der Waals surface area (Å²) in [7, 11) is 1.69. The molecule has 0 unspecified atom stereocenters. The molecule has 0 spiro atoms. The molecular formula is C16H20N4O4. The molecule has 1 fully saturated rings. The van der Waals surface area contributed by atoms with Crippen LogP contribution in [0.25, 0.3) is 0 Å². The van der Waals surface area contributed by atoms with Crippen LogP contribution < -0.4 is 5.56 Å². The number of hydrogen-bond donors (Lipinski definition) is 0. The summed E-state index contributed by atoms with van der Waals surface area (Å²) >= 11 is 0. The molecule has 1 heterocycles. The van der Waals surface area contributed by atoms with Gasteiger partial charge in [0, 0.05) is 19.2 Å². The van der Waals surface area contributed by atoms with Gasteiger partial charge in [0.15, 0.2) is 0 Å². The van der Waals surface area contributed by atoms with Crippen LogP contribution in [0, 0.1) is 27.4 Å². The molecule has 0 saturated heterocycles. The maximum Gasteiger partial charge on any atom is 0.287 e. The van der Waals surface area contributed by atoms with Gasteiger partial charge in [-0.1, -0.05) is 6.92 Å². The molecule has 24 heavy (non-hydrogen) atoms. The van der Waals surface area contributed by atoms with Crippen LogP contribution in [0.2, 0.25) is 0 Å². The van der Waals surface area contributed by atoms with Crippen molar-refractivity contribution in [3.05, 3.63) is 38.3 Å². The van der Waals surface area contributed by atoms with Crippen LogP contribution in [0.5, 0.6) is 0 Å². The molecular weight excluding hydrogens is 312 g/mol. The third-order valence-electron chi connectivity index (χ3n) is 4.63. The van der Waals surface area contributed by atoms with Gasteiger partial charge in [0.25, 0.3) is 11.2 Å². The van der Waals surface area contributed by atoms with Crippen molar-refractivity contribution in [2.24, 2.45) is 5.92 Å². The Morgan fingerprint density at radius 2 is 2.08 bits per heavy atom. The van der Waals surface area contributed by atoms with E-state index in [0.29, 0.717) is 5.92 Å². The summed E-state index contributed by atoms with van der Waals surface area (Å²) in [6.45, 7) is 1.88. The van der Waals surface area contributed by atoms with E-state index >= 15 is 0 Å². The van der Waals surface area contributed by atoms with Gasteiger partial charge in [0.2, 0.25) is 5.91 Å². The standard InChI is InChI=1S/C16H20N4O4/c1-11-3-5-13(6-4-11)18(2)15(21)10-19-9-14(20(23)24)7-12(8-17)16(19)22/h7,9,11,13H,3-6,10H2,1-2H3. The predicted molar refractivity (Wildman–Crippen MR) is 86.3 cm³/mol. The molecule has 1 aliphatic carbocycles. The minimum Gasteiger partial charge on any atom is -0.341 e. The number of pyridine rings is 1. The fraction of sp³-hybridized carbons (Fsp3) is 0.562. The summed E-state index contributed by atoms with van der Waals surface area (Å²) < 4.78 is 0.945. The Bertz CT molecular complexity index is 741. The molecule has 1 amide bonds. The minimum absolute atomic E-state index is 0.124. The van der Waals surface area contributed by atoms with Crippen LogP contribution in [-0.4, -0.2) is 33.4 Å². The predicted octanol–water partition coefficient (Wildman–Crippen LogP) is 1.67. The van der Waals surface area contributed by atoms with Gasteiger partial charge in [-0.3, -0.25) is 24.3 Å². The van der Waals surface area contributed by atoms with E-state index in [9.17, 15) is 19.7 Å². The molecule has 1 aromatic heterocycles. The Morgan fingerprint density at radius 1 is 1.46 bits per heavy atom. The zero-order valence-electron chi connectivity index (χ0n) is 13.8. The van der Waals surface area contributed by atoms with Crippen molar-refractivity contribution < 1.29 is 9.72 Å². The lowest BCUT2D eigenvalue weighted by atomic mass is 9.87. The van der Waals surface area contributed by atoms with Crippen molar-refractivity contribution in [3.8, 4) is 6.07 Å². The van der Waals surface area contributed by atoms with Crippen molar-refractivity contribution in [1.29, 1.82) is 5.26 Å². The van der Waals surface area contributed by atoms with Gasteiger partial charge >= 0.3 is 0 Å². The number of carbonyl (C=O) groups is 1. The maximum absolute atomic E-state index is 12.4. The quantitative estimate of drug-likeness (QED) is 0.615. The molecule has 8 heteroatoms. The number of hydrogen-bond acceptors (Lipinski definition) is 5. The Balaban J connectivity index is 2.19. The summed E-state index contributed by atoms with van der Waals surface area (Å²) in [6, 6.07) is 2.69. The van der Waals surface area contributed by atoms with E-state index in [0.717, 1.165) is 42.5 Å². The average molecular weight is 332 g/mol. The lowest BCUT2D eigenvalue weighted by Crippen LogP contribution is -2.42. The van der Waals surface area contributed by atoms with Gasteiger partial charge in [-0.15, -0.1) is 0 Å². The first kappa shape index (κ1) is 17.7. The van der Waals surface area contributed by atoms with Crippen molar-refractivity contribution >= 4 is 11.6 Å². The second kappa shape index (κ2) is 7.25. The van der Waals surface area contributed by atoms with Gasteiger partial charge in [-0.05, 0) is 31.6 Å². The SMILES string of the molecule is CC1CCC(N(C)C(=O)Cn2cc([N+](=O)[O-])cc(C#N)c2=O)CC1. The first-order valence-electron chi connectivity index (χ1n) is 7.88. The summed E-state index contributed by atoms with van der Waals surface area (Å²) in [6.07, 6.45) is 4.94. The lowest BCUT2D eigenvalue weighted by Gasteiger charge is -2.33. The van der Waals surface area contributed by atoms with E-state index in [1.807, 2.05) is 0 Å². The van der Waals surface area contributed by atoms with Crippen LogP contribution in [0.1, 0.15) is 38.2 Å². The number of nitro groups is 1. The summed E-state index contributed by atoms with van der Waals surface area (Å²) in [5.41, 5.74) is -1.42. The number of carbonyl (C=O) groups excluding carboxylic acids is 1. The lowest BCUT2D eigenvalue weighted by molar-refractivity contribution is -0.385. The number of rotatable bonds is 4. The topological polar surface area (TPSA) is 109 Å². The smallest absolute Gasteiger partial charge is 0.287 e. The Labute approximate surface area is 139 Å². The molecule has 2 rings (SSSR count). The fourth-order valence-corrected chi connectivity index (χ4v) is 3.01. The van der Waals surface area contributed by atoms with E-state index in [4.69, 9.17) is 5.26 Å². The zero-order valence-corrected chi connectivity index (χ0v) is 13.8. The van der Waals surface area contributed by atoms with Gasteiger partial charge < -0.3 is 4.90 Å². The molecule has 1 aromatic rings. The van der Waals surface area contributed by atoms with E-state index < -0.39 is 10.5 Å². The summed E-state index contributed by atoms with van der Waals surface area (Å²) in [5.74, 6) is 0.364. The Kier molecular flexibility index (Phi) is 5.34. The van der Waals surface area contributed by atoms with Gasteiger partial charge in [0.05, 0.1) is 11.1 Å². The highest BCUT2D eigenvalue weighted by Crippen LogP contribution is 2.26. The molecule has 0 bridgehead atoms. The Hall–Kier alpha value is -2.69. The molecule has 1 aliphatic rings. The number of likely N-dealkylation sites (N-methyl/N-ethyl adjacent to an activating group) is 1. The second-order valence-electron chi connectivity index (χ2n) is 6.33. The van der Waals surface area contributed by atoms with Crippen molar-refractivity contribution in [2.75, 3.05) is 7.05 Å². The largest absolute Gasteiger partial charge is 0.341 e. The van der Waals surface area contributed by atoms with Crippen LogP contribution >= 0.6 is 0 Å². The fourth-order valence-electron chi connectivity index (χ4n) is 3.01. The highest BCUT2D eigenvalue weighted by molar-refractivity contribution is 5.76. The highest BCUT2D eigenvalue weighted by Gasteiger charge is 2.25. The second-order valence-corrected chi connectivity index (χ2v) is 6.33. The Morgan fingerprint density at radius 3 is 2.62 bits per heavy atom. The number of nitriles is 1. The van der Waals surface area contributed by atoms with E-state index in [1.165, 1.54) is 0 Å². The van der Waals surface area contributed by atoms with Crippen LogP contribution in [0.15, 0.2) is 17.1 Å². The number of amides is 1. The van der Waals surface area contributed by atoms with Crippen LogP contribution in [0.3, 0.4) is 0 Å². The third-order valence-corrected chi connectivity index (χ3v) is 4.63. The van der Waals surface area contributed by atoms with Crippen molar-refractivity contribution in [3.63, 3.8) is 0 Å². The van der Waals surface area contributed by atoms with Crippen LogP contribution in [0.4, 0.5) is 5.69 Å². The van der Waals surface area contributed by atoms with E-state index in [-0.39, 0.29) is 29.7 Å². The van der Waals surface area contributed by atoms with Crippen molar-refractivity contribution in [2.45, 2.75) is 45.2 Å². The summed E-state index contributed by atoms with van der Waals surface area (Å²) in [5, 5.41) is 19.9. The highest BCUT2D eigenvalue weighted by atomic mass is 16.6. The molecule has 0 atom stereocenters. The molecule has 1 saturated carbocycles. The molecule has 8 nitrogen and oxygen atoms in total. The van der Waals surface area contributed by atoms with Gasteiger partial charge in [-0.25, -0.2) is 0 Å². The normalized spacial score (nSPS) is 20.2. The molecule has 0 aliphatic heterocycles. The zero-order chi connectivity index (χ0) is 17.9. The van der Waals surface area contributed by atoms with Crippen LogP contribution in [-0.2, 0) is 11.3 Å². The summed E-state index contributed by atoms with van der Waals surface area (Å²) in [4.78, 5) is 36.4. The minimum atomic E-state index is -0.692. The van der Waals surface area contributed by atoms with Gasteiger partial charge in [0.1, 0.15) is 18.2 Å². The first-order chi connectivity index (χ1) is 11.3. The third kappa shape index (κ3) is 3.79. The molecule has 0 radical (unpaired) electrons. The first-order valence-corrected chi connectivity index (χ1v) is 7.88. The molecule has 128 valence electrons. The van der Waals surface area contributed by atoms with Crippen molar-refractivity contribution in [1.82, 2.24) is 9.47 Å². The van der Waals surface area contributed by atoms with E-state index in [1.54, 1.807) is 18.0 Å². The molecule has 0 aromatic carbocycles. The maximum atomic E-state index is 12.4. The molecule has 0 N–H and O–H groups in total. The van der Waals surface area contributed by atoms with E-state index in [2.05, 4.69) is 6.92 Å². The van der Waals surface area contributed by atoms with Gasteiger partial charge in [-0.2, -0.15) is 5.26 Å². The number of aromatic nitrogens is 1. The number of nitrogens with zero attached hydrogens (tertiary/aromatic N) is 4.